The minimum absolute atomic E-state index is 0. The van der Waals surface area contributed by atoms with Crippen LogP contribution in [0.5, 0.6) is 0 Å². The number of fused-ring (bicyclic) bond motifs is 1. The highest BCUT2D eigenvalue weighted by Gasteiger charge is 2.21. The van der Waals surface area contributed by atoms with E-state index in [4.69, 9.17) is 5.73 Å². The Morgan fingerprint density at radius 3 is 2.35 bits per heavy atom. The molecule has 0 fully saturated rings. The first-order valence-corrected chi connectivity index (χ1v) is 7.74. The van der Waals surface area contributed by atoms with Gasteiger partial charge in [-0.3, -0.25) is 0 Å². The molecule has 1 atom stereocenters. The van der Waals surface area contributed by atoms with Gasteiger partial charge in [-0.15, -0.1) is 12.4 Å². The molecule has 2 N–H and O–H groups in total. The van der Waals surface area contributed by atoms with Gasteiger partial charge in [0, 0.05) is 11.0 Å². The third-order valence-corrected chi connectivity index (χ3v) is 3.60. The highest BCUT2D eigenvalue weighted by molar-refractivity contribution is 5.86. The number of rotatable bonds is 3. The lowest BCUT2D eigenvalue weighted by Gasteiger charge is -2.25. The molecule has 1 unspecified atom stereocenters. The van der Waals surface area contributed by atoms with E-state index < -0.39 is 5.54 Å². The maximum Gasteiger partial charge on any atom is 0.0422 e. The van der Waals surface area contributed by atoms with Crippen LogP contribution in [0.25, 0.3) is 10.8 Å². The Morgan fingerprint density at radius 1 is 1.00 bits per heavy atom. The topological polar surface area (TPSA) is 26.0 Å². The van der Waals surface area contributed by atoms with Gasteiger partial charge in [-0.25, -0.2) is 0 Å². The summed E-state index contributed by atoms with van der Waals surface area (Å²) in [5.74, 6) is 6.30. The van der Waals surface area contributed by atoms with Gasteiger partial charge in [0.25, 0.3) is 0 Å². The van der Waals surface area contributed by atoms with Gasteiger partial charge < -0.3 is 5.73 Å². The fourth-order valence-electron chi connectivity index (χ4n) is 2.45. The third kappa shape index (κ3) is 5.43. The lowest BCUT2D eigenvalue weighted by Crippen LogP contribution is -2.32. The maximum absolute atomic E-state index is 6.57. The van der Waals surface area contributed by atoms with Crippen LogP contribution >= 0.6 is 12.4 Å². The largest absolute Gasteiger partial charge is 0.321 e. The molecule has 0 bridgehead atoms. The van der Waals surface area contributed by atoms with Gasteiger partial charge in [-0.05, 0) is 56.5 Å². The second kappa shape index (κ2) is 7.68. The molecular weight excluding hydrogens is 302 g/mol. The summed E-state index contributed by atoms with van der Waals surface area (Å²) in [4.78, 5) is 0. The first kappa shape index (κ1) is 19.3. The van der Waals surface area contributed by atoms with Crippen molar-refractivity contribution in [1.82, 2.24) is 0 Å². The monoisotopic (exact) mass is 327 g/mol. The van der Waals surface area contributed by atoms with Crippen LogP contribution < -0.4 is 5.73 Å². The first-order chi connectivity index (χ1) is 10.3. The van der Waals surface area contributed by atoms with E-state index in [0.717, 1.165) is 6.42 Å². The van der Waals surface area contributed by atoms with Gasteiger partial charge in [0.2, 0.25) is 0 Å². The van der Waals surface area contributed by atoms with Crippen molar-refractivity contribution in [2.24, 2.45) is 11.1 Å². The average molecular weight is 328 g/mol. The van der Waals surface area contributed by atoms with E-state index in [-0.39, 0.29) is 17.8 Å². The van der Waals surface area contributed by atoms with Crippen molar-refractivity contribution in [3.8, 4) is 11.8 Å². The van der Waals surface area contributed by atoms with Crippen molar-refractivity contribution in [3.63, 3.8) is 0 Å². The molecule has 0 radical (unpaired) electrons. The normalized spacial score (nSPS) is 14.0. The number of halogens is 1. The van der Waals surface area contributed by atoms with Crippen molar-refractivity contribution in [3.05, 3.63) is 60.2 Å². The number of hydrogen-bond acceptors (Lipinski definition) is 1. The zero-order chi connectivity index (χ0) is 16.2. The van der Waals surface area contributed by atoms with Gasteiger partial charge in [-0.1, -0.05) is 60.4 Å². The second-order valence-corrected chi connectivity index (χ2v) is 7.07. The standard InChI is InChI=1S/C21H25N.ClH/c1-20(2,3)15-8-5-9-16-21(4,22)19-14-10-12-17-11-6-7-13-18(17)19;/h5-7,9-14H,16,22H2,1-4H3;1H/b9-5+;. The molecule has 0 saturated heterocycles. The summed E-state index contributed by atoms with van der Waals surface area (Å²) in [6.07, 6.45) is 4.75. The summed E-state index contributed by atoms with van der Waals surface area (Å²) < 4.78 is 0. The lowest BCUT2D eigenvalue weighted by atomic mass is 9.86. The fraction of sp³-hybridized carbons (Fsp3) is 0.333. The van der Waals surface area contributed by atoms with Crippen molar-refractivity contribution in [1.29, 1.82) is 0 Å². The van der Waals surface area contributed by atoms with Crippen LogP contribution in [0.4, 0.5) is 0 Å². The molecule has 0 aliphatic rings. The van der Waals surface area contributed by atoms with E-state index in [2.05, 4.69) is 88.1 Å². The maximum atomic E-state index is 6.57. The average Bonchev–Trinajstić information content (AvgIpc) is 2.45. The SMILES string of the molecule is CC(C)(C)C#C/C=C/CC(C)(N)c1cccc2ccccc12.Cl. The van der Waals surface area contributed by atoms with E-state index in [9.17, 15) is 0 Å². The predicted molar refractivity (Wildman–Crippen MR) is 104 cm³/mol. The molecule has 2 aromatic carbocycles. The predicted octanol–water partition coefficient (Wildman–Crippen LogP) is 5.43. The summed E-state index contributed by atoms with van der Waals surface area (Å²) in [5, 5.41) is 2.46. The van der Waals surface area contributed by atoms with Crippen LogP contribution in [0.15, 0.2) is 54.6 Å². The number of benzene rings is 2. The molecule has 1 nitrogen and oxygen atoms in total. The van der Waals surface area contributed by atoms with Crippen LogP contribution in [0.3, 0.4) is 0 Å². The van der Waals surface area contributed by atoms with Crippen LogP contribution in [0.1, 0.15) is 39.7 Å². The molecule has 0 amide bonds. The smallest absolute Gasteiger partial charge is 0.0422 e. The lowest BCUT2D eigenvalue weighted by molar-refractivity contribution is 0.506. The van der Waals surface area contributed by atoms with Crippen LogP contribution in [-0.2, 0) is 5.54 Å². The Kier molecular flexibility index (Phi) is 6.45. The van der Waals surface area contributed by atoms with Crippen LogP contribution in [-0.4, -0.2) is 0 Å². The molecule has 2 heteroatoms. The zero-order valence-corrected chi connectivity index (χ0v) is 15.2. The van der Waals surface area contributed by atoms with E-state index in [1.165, 1.54) is 16.3 Å². The van der Waals surface area contributed by atoms with Crippen molar-refractivity contribution in [2.75, 3.05) is 0 Å². The Bertz CT molecular complexity index is 734. The Balaban J connectivity index is 0.00000264. The highest BCUT2D eigenvalue weighted by Crippen LogP contribution is 2.29. The Labute approximate surface area is 146 Å². The molecule has 0 aliphatic carbocycles. The quantitative estimate of drug-likeness (QED) is 0.747. The van der Waals surface area contributed by atoms with Gasteiger partial charge in [0.15, 0.2) is 0 Å². The molecule has 0 heterocycles. The van der Waals surface area contributed by atoms with E-state index in [1.54, 1.807) is 0 Å². The van der Waals surface area contributed by atoms with E-state index in [1.807, 2.05) is 6.08 Å². The van der Waals surface area contributed by atoms with Crippen LogP contribution in [0, 0.1) is 17.3 Å². The summed E-state index contributed by atoms with van der Waals surface area (Å²) in [5.41, 5.74) is 7.38. The first-order valence-electron chi connectivity index (χ1n) is 7.74. The zero-order valence-electron chi connectivity index (χ0n) is 14.4. The fourth-order valence-corrected chi connectivity index (χ4v) is 2.45. The van der Waals surface area contributed by atoms with Crippen molar-refractivity contribution < 1.29 is 0 Å². The molecular formula is C21H26ClN. The van der Waals surface area contributed by atoms with Gasteiger partial charge in [-0.2, -0.15) is 0 Å². The molecule has 0 saturated carbocycles. The van der Waals surface area contributed by atoms with E-state index in [0.29, 0.717) is 0 Å². The van der Waals surface area contributed by atoms with Gasteiger partial charge in [0.05, 0.1) is 0 Å². The summed E-state index contributed by atoms with van der Waals surface area (Å²) in [7, 11) is 0. The minimum atomic E-state index is -0.402. The molecule has 0 aliphatic heterocycles. The molecule has 23 heavy (non-hydrogen) atoms. The Hall–Kier alpha value is -1.75. The number of nitrogens with two attached hydrogens (primary N) is 1. The second-order valence-electron chi connectivity index (χ2n) is 7.07. The number of hydrogen-bond donors (Lipinski definition) is 1. The van der Waals surface area contributed by atoms with E-state index >= 15 is 0 Å². The van der Waals surface area contributed by atoms with Gasteiger partial charge >= 0.3 is 0 Å². The highest BCUT2D eigenvalue weighted by atomic mass is 35.5. The molecule has 122 valence electrons. The molecule has 0 aromatic heterocycles. The molecule has 0 spiro atoms. The van der Waals surface area contributed by atoms with Crippen molar-refractivity contribution >= 4 is 23.2 Å². The molecule has 2 aromatic rings. The summed E-state index contributed by atoms with van der Waals surface area (Å²) >= 11 is 0. The Morgan fingerprint density at radius 2 is 1.65 bits per heavy atom. The summed E-state index contributed by atoms with van der Waals surface area (Å²) in [6.45, 7) is 8.40. The number of allylic oxidation sites excluding steroid dienone is 1. The summed E-state index contributed by atoms with van der Waals surface area (Å²) in [6, 6.07) is 14.7. The van der Waals surface area contributed by atoms with Gasteiger partial charge in [0.1, 0.15) is 0 Å². The molecule has 2 rings (SSSR count). The minimum Gasteiger partial charge on any atom is -0.321 e. The third-order valence-electron chi connectivity index (χ3n) is 3.60. The van der Waals surface area contributed by atoms with Crippen molar-refractivity contribution in [2.45, 2.75) is 39.7 Å². The van der Waals surface area contributed by atoms with Crippen LogP contribution in [0.2, 0.25) is 0 Å².